The first-order chi connectivity index (χ1) is 16.5. The van der Waals surface area contributed by atoms with E-state index in [1.165, 1.54) is 0 Å². The van der Waals surface area contributed by atoms with E-state index >= 15 is 0 Å². The van der Waals surface area contributed by atoms with E-state index in [2.05, 4.69) is 10.2 Å². The molecule has 1 fully saturated rings. The van der Waals surface area contributed by atoms with Gasteiger partial charge in [0.1, 0.15) is 11.3 Å². The minimum absolute atomic E-state index is 0.0518. The molecule has 1 amide bonds. The lowest BCUT2D eigenvalue weighted by atomic mass is 10.0. The lowest BCUT2D eigenvalue weighted by molar-refractivity contribution is -0.121. The van der Waals surface area contributed by atoms with Crippen molar-refractivity contribution in [2.24, 2.45) is 0 Å². The Morgan fingerprint density at radius 2 is 1.97 bits per heavy atom. The normalized spacial score (nSPS) is 15.3. The summed E-state index contributed by atoms with van der Waals surface area (Å²) in [6.45, 7) is 5.15. The number of hydrogen-bond acceptors (Lipinski definition) is 6. The van der Waals surface area contributed by atoms with Gasteiger partial charge < -0.3 is 19.2 Å². The molecule has 1 N–H and O–H groups in total. The Kier molecular flexibility index (Phi) is 7.88. The molecule has 1 unspecified atom stereocenters. The van der Waals surface area contributed by atoms with Gasteiger partial charge >= 0.3 is 5.63 Å². The first kappa shape index (κ1) is 24.3. The minimum atomic E-state index is -0.423. The Morgan fingerprint density at radius 1 is 1.21 bits per heavy atom. The maximum absolute atomic E-state index is 12.8. The molecule has 1 aromatic heterocycles. The average molecular weight is 485 g/mol. The molecular weight excluding hydrogens is 456 g/mol. The second-order valence-electron chi connectivity index (χ2n) is 8.34. The zero-order chi connectivity index (χ0) is 24.1. The number of nitrogens with one attached hydrogen (secondary N) is 1. The van der Waals surface area contributed by atoms with Crippen molar-refractivity contribution in [2.75, 3.05) is 40.0 Å². The Morgan fingerprint density at radius 3 is 2.71 bits per heavy atom. The first-order valence-corrected chi connectivity index (χ1v) is 11.8. The zero-order valence-corrected chi connectivity index (χ0v) is 20.2. The summed E-state index contributed by atoms with van der Waals surface area (Å²) in [5.74, 6) is 0.495. The average Bonchev–Trinajstić information content (AvgIpc) is 2.85. The van der Waals surface area contributed by atoms with Gasteiger partial charge in [-0.25, -0.2) is 4.79 Å². The summed E-state index contributed by atoms with van der Waals surface area (Å²) < 4.78 is 16.2. The van der Waals surface area contributed by atoms with Crippen LogP contribution in [0, 0.1) is 6.92 Å². The van der Waals surface area contributed by atoms with Crippen LogP contribution in [0.1, 0.15) is 29.2 Å². The molecule has 4 rings (SSSR count). The fourth-order valence-corrected chi connectivity index (χ4v) is 4.66. The molecule has 0 spiro atoms. The van der Waals surface area contributed by atoms with Crippen LogP contribution in [0.2, 0.25) is 5.02 Å². The van der Waals surface area contributed by atoms with Crippen LogP contribution in [0.15, 0.2) is 51.7 Å². The molecule has 2 heterocycles. The van der Waals surface area contributed by atoms with Crippen molar-refractivity contribution in [3.8, 4) is 5.75 Å². The summed E-state index contributed by atoms with van der Waals surface area (Å²) in [5.41, 5.74) is 2.37. The van der Waals surface area contributed by atoms with Gasteiger partial charge in [0.15, 0.2) is 0 Å². The maximum Gasteiger partial charge on any atom is 0.339 e. The van der Waals surface area contributed by atoms with Gasteiger partial charge in [-0.2, -0.15) is 0 Å². The molecule has 3 aromatic rings. The van der Waals surface area contributed by atoms with Gasteiger partial charge in [0, 0.05) is 48.1 Å². The molecular formula is C26H29ClN2O5. The van der Waals surface area contributed by atoms with Gasteiger partial charge in [0.05, 0.1) is 26.4 Å². The molecule has 0 aliphatic carbocycles. The second-order valence-corrected chi connectivity index (χ2v) is 8.75. The van der Waals surface area contributed by atoms with Crippen LogP contribution in [-0.2, 0) is 16.0 Å². The molecule has 2 aromatic carbocycles. The molecule has 1 atom stereocenters. The molecule has 1 aliphatic heterocycles. The highest BCUT2D eigenvalue weighted by Crippen LogP contribution is 2.28. The lowest BCUT2D eigenvalue weighted by Crippen LogP contribution is -2.44. The molecule has 0 saturated carbocycles. The Hall–Kier alpha value is -2.87. The summed E-state index contributed by atoms with van der Waals surface area (Å²) in [5, 5.41) is 4.55. The summed E-state index contributed by atoms with van der Waals surface area (Å²) in [7, 11) is 1.56. The quantitative estimate of drug-likeness (QED) is 0.489. The van der Waals surface area contributed by atoms with Gasteiger partial charge in [-0.1, -0.05) is 29.8 Å². The molecule has 7 nitrogen and oxygen atoms in total. The summed E-state index contributed by atoms with van der Waals surface area (Å²) >= 11 is 6.47. The third kappa shape index (κ3) is 5.43. The molecule has 0 radical (unpaired) electrons. The highest BCUT2D eigenvalue weighted by atomic mass is 35.5. The number of rotatable bonds is 8. The van der Waals surface area contributed by atoms with E-state index in [0.717, 1.165) is 29.6 Å². The predicted octanol–water partition coefficient (Wildman–Crippen LogP) is 3.89. The topological polar surface area (TPSA) is 81.0 Å². The van der Waals surface area contributed by atoms with Crippen LogP contribution in [0.25, 0.3) is 11.0 Å². The van der Waals surface area contributed by atoms with E-state index in [1.54, 1.807) is 13.2 Å². The van der Waals surface area contributed by atoms with Crippen molar-refractivity contribution in [3.63, 3.8) is 0 Å². The van der Waals surface area contributed by atoms with Crippen LogP contribution >= 0.6 is 11.6 Å². The third-order valence-corrected chi connectivity index (χ3v) is 6.68. The number of fused-ring (bicyclic) bond motifs is 1. The Bertz CT molecular complexity index is 1220. The fourth-order valence-electron chi connectivity index (χ4n) is 4.40. The van der Waals surface area contributed by atoms with E-state index in [4.69, 9.17) is 25.5 Å². The van der Waals surface area contributed by atoms with Crippen LogP contribution in [-0.4, -0.2) is 50.8 Å². The molecule has 1 aliphatic rings. The van der Waals surface area contributed by atoms with E-state index in [-0.39, 0.29) is 18.4 Å². The smallest absolute Gasteiger partial charge is 0.339 e. The molecule has 0 bridgehead atoms. The number of hydrogen-bond donors (Lipinski definition) is 1. The Balaban J connectivity index is 1.44. The van der Waals surface area contributed by atoms with Crippen LogP contribution in [0.3, 0.4) is 0 Å². The number of aryl methyl sites for hydroxylation is 1. The number of ether oxygens (including phenoxy) is 2. The summed E-state index contributed by atoms with van der Waals surface area (Å²) in [6, 6.07) is 13.0. The SMILES string of the molecule is COc1ccc2c(C)c(CCC(=O)NCC(c3ccccc3Cl)N3CCOCC3)c(=O)oc2c1. The number of carbonyl (C=O) groups is 1. The minimum Gasteiger partial charge on any atom is -0.497 e. The first-order valence-electron chi connectivity index (χ1n) is 11.4. The summed E-state index contributed by atoms with van der Waals surface area (Å²) in [4.78, 5) is 27.6. The highest BCUT2D eigenvalue weighted by Gasteiger charge is 2.25. The number of morpholine rings is 1. The molecule has 8 heteroatoms. The third-order valence-electron chi connectivity index (χ3n) is 6.34. The number of nitrogens with zero attached hydrogens (tertiary/aromatic N) is 1. The largest absolute Gasteiger partial charge is 0.497 e. The molecule has 34 heavy (non-hydrogen) atoms. The highest BCUT2D eigenvalue weighted by molar-refractivity contribution is 6.31. The van der Waals surface area contributed by atoms with E-state index in [0.29, 0.717) is 48.1 Å². The Labute approximate surface area is 203 Å². The molecule has 180 valence electrons. The second kappa shape index (κ2) is 11.0. The number of benzene rings is 2. The number of halogens is 1. The number of amides is 1. The lowest BCUT2D eigenvalue weighted by Gasteiger charge is -2.35. The van der Waals surface area contributed by atoms with E-state index in [9.17, 15) is 9.59 Å². The van der Waals surface area contributed by atoms with Gasteiger partial charge in [0.2, 0.25) is 5.91 Å². The van der Waals surface area contributed by atoms with Crippen molar-refractivity contribution in [3.05, 3.63) is 74.6 Å². The van der Waals surface area contributed by atoms with E-state index < -0.39 is 5.63 Å². The standard InChI is InChI=1S/C26H29ClN2O5/c1-17-19-8-7-18(32-2)15-24(19)34-26(31)20(17)9-10-25(30)28-16-23(29-11-13-33-14-12-29)21-5-3-4-6-22(21)27/h3-8,15,23H,9-14,16H2,1-2H3,(H,28,30). The van der Waals surface area contributed by atoms with Crippen LogP contribution in [0.5, 0.6) is 5.75 Å². The summed E-state index contributed by atoms with van der Waals surface area (Å²) in [6.07, 6.45) is 0.488. The van der Waals surface area contributed by atoms with Crippen molar-refractivity contribution in [2.45, 2.75) is 25.8 Å². The van der Waals surface area contributed by atoms with Gasteiger partial charge in [-0.3, -0.25) is 9.69 Å². The predicted molar refractivity (Wildman–Crippen MR) is 132 cm³/mol. The van der Waals surface area contributed by atoms with Gasteiger partial charge in [-0.05, 0) is 42.7 Å². The van der Waals surface area contributed by atoms with E-state index in [1.807, 2.05) is 43.3 Å². The van der Waals surface area contributed by atoms with Crippen LogP contribution in [0.4, 0.5) is 0 Å². The zero-order valence-electron chi connectivity index (χ0n) is 19.4. The monoisotopic (exact) mass is 484 g/mol. The number of carbonyl (C=O) groups excluding carboxylic acids is 1. The van der Waals surface area contributed by atoms with Crippen molar-refractivity contribution in [1.29, 1.82) is 0 Å². The van der Waals surface area contributed by atoms with Gasteiger partial charge in [-0.15, -0.1) is 0 Å². The van der Waals surface area contributed by atoms with Gasteiger partial charge in [0.25, 0.3) is 0 Å². The van der Waals surface area contributed by atoms with Crippen molar-refractivity contribution >= 4 is 28.5 Å². The molecule has 1 saturated heterocycles. The fraction of sp³-hybridized carbons (Fsp3) is 0.385. The van der Waals surface area contributed by atoms with Crippen molar-refractivity contribution in [1.82, 2.24) is 10.2 Å². The number of methoxy groups -OCH3 is 1. The maximum atomic E-state index is 12.8. The van der Waals surface area contributed by atoms with Crippen molar-refractivity contribution < 1.29 is 18.7 Å². The van der Waals surface area contributed by atoms with Crippen LogP contribution < -0.4 is 15.7 Å².